The molecule has 3 nitrogen and oxygen atoms in total. The third kappa shape index (κ3) is 3.15. The smallest absolute Gasteiger partial charge is 0.0410 e. The molecule has 18 heavy (non-hydrogen) atoms. The molecule has 94 valence electrons. The Morgan fingerprint density at radius 1 is 1.28 bits per heavy atom. The second kappa shape index (κ2) is 6.07. The molecule has 0 aliphatic carbocycles. The Bertz CT molecular complexity index is 528. The third-order valence-corrected chi connectivity index (χ3v) is 3.44. The van der Waals surface area contributed by atoms with Crippen LogP contribution >= 0.6 is 15.9 Å². The van der Waals surface area contributed by atoms with Crippen molar-refractivity contribution in [3.63, 3.8) is 0 Å². The van der Waals surface area contributed by atoms with E-state index in [2.05, 4.69) is 44.2 Å². The van der Waals surface area contributed by atoms with E-state index in [0.29, 0.717) is 0 Å². The van der Waals surface area contributed by atoms with E-state index < -0.39 is 0 Å². The maximum atomic E-state index is 4.21. The lowest BCUT2D eigenvalue weighted by atomic mass is 9.98. The van der Waals surface area contributed by atoms with E-state index in [-0.39, 0.29) is 6.04 Å². The molecule has 2 aromatic heterocycles. The molecular formula is C14H16BrN3. The largest absolute Gasteiger partial charge is 0.313 e. The van der Waals surface area contributed by atoms with Crippen molar-refractivity contribution in [1.29, 1.82) is 0 Å². The summed E-state index contributed by atoms with van der Waals surface area (Å²) in [5.74, 6) is 0. The fourth-order valence-electron chi connectivity index (χ4n) is 2.01. The molecule has 4 heteroatoms. The number of pyridine rings is 2. The molecule has 1 unspecified atom stereocenters. The van der Waals surface area contributed by atoms with Crippen molar-refractivity contribution >= 4 is 15.9 Å². The van der Waals surface area contributed by atoms with Crippen LogP contribution in [0.1, 0.15) is 22.7 Å². The number of aryl methyl sites for hydroxylation is 1. The summed E-state index contributed by atoms with van der Waals surface area (Å²) in [4.78, 5) is 8.41. The Hall–Kier alpha value is -1.26. The van der Waals surface area contributed by atoms with Gasteiger partial charge in [0.05, 0.1) is 0 Å². The zero-order valence-electron chi connectivity index (χ0n) is 10.5. The predicted octanol–water partition coefficient (Wildman–Crippen LogP) is 3.05. The summed E-state index contributed by atoms with van der Waals surface area (Å²) < 4.78 is 1.01. The van der Waals surface area contributed by atoms with Gasteiger partial charge in [-0.2, -0.15) is 0 Å². The Balaban J connectivity index is 2.23. The quantitative estimate of drug-likeness (QED) is 0.943. The highest BCUT2D eigenvalue weighted by Crippen LogP contribution is 2.21. The summed E-state index contributed by atoms with van der Waals surface area (Å²) in [7, 11) is 1.97. The number of likely N-dealkylation sites (N-methyl/N-ethyl adjacent to an activating group) is 1. The van der Waals surface area contributed by atoms with Crippen LogP contribution in [0, 0.1) is 6.92 Å². The van der Waals surface area contributed by atoms with Crippen LogP contribution in [-0.4, -0.2) is 17.0 Å². The summed E-state index contributed by atoms with van der Waals surface area (Å²) in [6.45, 7) is 2.11. The van der Waals surface area contributed by atoms with Gasteiger partial charge in [-0.25, -0.2) is 0 Å². The zero-order chi connectivity index (χ0) is 13.0. The van der Waals surface area contributed by atoms with E-state index in [9.17, 15) is 0 Å². The Morgan fingerprint density at radius 2 is 2.11 bits per heavy atom. The maximum Gasteiger partial charge on any atom is 0.0410 e. The van der Waals surface area contributed by atoms with Gasteiger partial charge in [-0.15, -0.1) is 0 Å². The van der Waals surface area contributed by atoms with Crippen LogP contribution in [0.15, 0.2) is 41.4 Å². The average molecular weight is 306 g/mol. The first kappa shape index (κ1) is 13.2. The van der Waals surface area contributed by atoms with E-state index >= 15 is 0 Å². The van der Waals surface area contributed by atoms with Gasteiger partial charge in [-0.05, 0) is 65.1 Å². The van der Waals surface area contributed by atoms with Gasteiger partial charge in [0.15, 0.2) is 0 Å². The SMILES string of the molecule is CNC(Cc1cncc(Br)c1)c1cnccc1C. The monoisotopic (exact) mass is 305 g/mol. The van der Waals surface area contributed by atoms with Crippen molar-refractivity contribution in [3.05, 3.63) is 58.1 Å². The standard InChI is InChI=1S/C14H16BrN3/c1-10-3-4-17-9-13(10)14(16-2)6-11-5-12(15)8-18-7-11/h3-5,7-9,14,16H,6H2,1-2H3. The van der Waals surface area contributed by atoms with E-state index in [1.54, 1.807) is 6.20 Å². The summed E-state index contributed by atoms with van der Waals surface area (Å²) in [6.07, 6.45) is 8.36. The first-order chi connectivity index (χ1) is 8.70. The third-order valence-electron chi connectivity index (χ3n) is 3.00. The number of rotatable bonds is 4. The Morgan fingerprint density at radius 3 is 2.78 bits per heavy atom. The lowest BCUT2D eigenvalue weighted by molar-refractivity contribution is 0.585. The van der Waals surface area contributed by atoms with Gasteiger partial charge in [0.25, 0.3) is 0 Å². The van der Waals surface area contributed by atoms with Crippen LogP contribution in [0.5, 0.6) is 0 Å². The van der Waals surface area contributed by atoms with Crippen LogP contribution in [0.2, 0.25) is 0 Å². The minimum absolute atomic E-state index is 0.259. The van der Waals surface area contributed by atoms with Crippen LogP contribution in [-0.2, 0) is 6.42 Å². The minimum Gasteiger partial charge on any atom is -0.313 e. The molecule has 0 aromatic carbocycles. The molecule has 0 radical (unpaired) electrons. The summed E-state index contributed by atoms with van der Waals surface area (Å²) in [6, 6.07) is 4.40. The van der Waals surface area contributed by atoms with Gasteiger partial charge >= 0.3 is 0 Å². The van der Waals surface area contributed by atoms with Crippen molar-refractivity contribution in [3.8, 4) is 0 Å². The van der Waals surface area contributed by atoms with Crippen molar-refractivity contribution in [1.82, 2.24) is 15.3 Å². The van der Waals surface area contributed by atoms with Crippen LogP contribution in [0.25, 0.3) is 0 Å². The first-order valence-electron chi connectivity index (χ1n) is 5.88. The molecule has 0 aliphatic heterocycles. The fourth-order valence-corrected chi connectivity index (χ4v) is 2.42. The molecule has 0 aliphatic rings. The molecule has 2 heterocycles. The van der Waals surface area contributed by atoms with Crippen LogP contribution < -0.4 is 5.32 Å². The van der Waals surface area contributed by atoms with Crippen LogP contribution in [0.4, 0.5) is 0 Å². The highest BCUT2D eigenvalue weighted by Gasteiger charge is 2.12. The number of halogens is 1. The Kier molecular flexibility index (Phi) is 4.44. The molecule has 2 aromatic rings. The van der Waals surface area contributed by atoms with Gasteiger partial charge in [-0.1, -0.05) is 0 Å². The van der Waals surface area contributed by atoms with Gasteiger partial charge in [0.2, 0.25) is 0 Å². The highest BCUT2D eigenvalue weighted by atomic mass is 79.9. The number of aromatic nitrogens is 2. The minimum atomic E-state index is 0.259. The van der Waals surface area contributed by atoms with Gasteiger partial charge in [0, 0.05) is 35.3 Å². The average Bonchev–Trinajstić information content (AvgIpc) is 2.37. The molecule has 0 fully saturated rings. The highest BCUT2D eigenvalue weighted by molar-refractivity contribution is 9.10. The molecule has 1 N–H and O–H groups in total. The Labute approximate surface area is 116 Å². The molecule has 0 amide bonds. The van der Waals surface area contributed by atoms with Gasteiger partial charge in [-0.3, -0.25) is 9.97 Å². The molecule has 0 spiro atoms. The zero-order valence-corrected chi connectivity index (χ0v) is 12.1. The number of hydrogen-bond donors (Lipinski definition) is 1. The van der Waals surface area contributed by atoms with E-state index in [1.165, 1.54) is 16.7 Å². The lowest BCUT2D eigenvalue weighted by Crippen LogP contribution is -2.20. The van der Waals surface area contributed by atoms with Crippen molar-refractivity contribution in [2.24, 2.45) is 0 Å². The van der Waals surface area contributed by atoms with Gasteiger partial charge < -0.3 is 5.32 Å². The van der Waals surface area contributed by atoms with E-state index in [0.717, 1.165) is 10.9 Å². The molecule has 0 saturated carbocycles. The predicted molar refractivity (Wildman–Crippen MR) is 76.4 cm³/mol. The van der Waals surface area contributed by atoms with Crippen LogP contribution in [0.3, 0.4) is 0 Å². The maximum absolute atomic E-state index is 4.21. The number of nitrogens with one attached hydrogen (secondary N) is 1. The normalized spacial score (nSPS) is 12.4. The second-order valence-electron chi connectivity index (χ2n) is 4.29. The van der Waals surface area contributed by atoms with Gasteiger partial charge in [0.1, 0.15) is 0 Å². The van der Waals surface area contributed by atoms with Crippen molar-refractivity contribution < 1.29 is 0 Å². The van der Waals surface area contributed by atoms with Crippen molar-refractivity contribution in [2.75, 3.05) is 7.05 Å². The molecule has 0 saturated heterocycles. The summed E-state index contributed by atoms with van der Waals surface area (Å²) in [5.41, 5.74) is 3.69. The molecule has 1 atom stereocenters. The second-order valence-corrected chi connectivity index (χ2v) is 5.20. The molecular weight excluding hydrogens is 290 g/mol. The molecule has 0 bridgehead atoms. The number of hydrogen-bond acceptors (Lipinski definition) is 3. The lowest BCUT2D eigenvalue weighted by Gasteiger charge is -2.18. The van der Waals surface area contributed by atoms with Crippen molar-refractivity contribution in [2.45, 2.75) is 19.4 Å². The first-order valence-corrected chi connectivity index (χ1v) is 6.67. The molecule has 2 rings (SSSR count). The van der Waals surface area contributed by atoms with E-state index in [1.807, 2.05) is 31.7 Å². The fraction of sp³-hybridized carbons (Fsp3) is 0.286. The topological polar surface area (TPSA) is 37.8 Å². The summed E-state index contributed by atoms with van der Waals surface area (Å²) >= 11 is 3.45. The summed E-state index contributed by atoms with van der Waals surface area (Å²) in [5, 5.41) is 3.34. The van der Waals surface area contributed by atoms with E-state index in [4.69, 9.17) is 0 Å². The number of nitrogens with zero attached hydrogens (tertiary/aromatic N) is 2.